The fraction of sp³-hybridized carbons (Fsp3) is 0.200. The number of nitrogens with one attached hydrogen (secondary N) is 1. The van der Waals surface area contributed by atoms with Gasteiger partial charge in [-0.15, -0.1) is 11.3 Å². The van der Waals surface area contributed by atoms with Crippen LogP contribution in [0.1, 0.15) is 10.6 Å². The Morgan fingerprint density at radius 2 is 2.05 bits per heavy atom. The van der Waals surface area contributed by atoms with Crippen LogP contribution in [-0.4, -0.2) is 17.1 Å². The zero-order chi connectivity index (χ0) is 13.8. The molecule has 5 heteroatoms. The smallest absolute Gasteiger partial charge is 0.212 e. The van der Waals surface area contributed by atoms with E-state index in [-0.39, 0.29) is 0 Å². The first kappa shape index (κ1) is 13.0. The number of para-hydroxylation sites is 1. The number of ether oxygens (including phenoxy) is 1. The summed E-state index contributed by atoms with van der Waals surface area (Å²) in [5.41, 5.74) is 2.20. The van der Waals surface area contributed by atoms with Crippen LogP contribution in [0, 0.1) is 0 Å². The number of aromatic nitrogens is 2. The monoisotopic (exact) mass is 285 g/mol. The summed E-state index contributed by atoms with van der Waals surface area (Å²) in [6.07, 6.45) is 1.82. The van der Waals surface area contributed by atoms with Gasteiger partial charge in [-0.1, -0.05) is 18.2 Å². The predicted molar refractivity (Wildman–Crippen MR) is 81.0 cm³/mol. The highest BCUT2D eigenvalue weighted by Gasteiger charge is 2.02. The van der Waals surface area contributed by atoms with Crippen LogP contribution in [0.15, 0.2) is 42.6 Å². The molecule has 0 bridgehead atoms. The second-order valence-electron chi connectivity index (χ2n) is 4.39. The maximum absolute atomic E-state index is 5.04. The lowest BCUT2D eigenvalue weighted by Crippen LogP contribution is -2.12. The van der Waals surface area contributed by atoms with E-state index < -0.39 is 0 Å². The summed E-state index contributed by atoms with van der Waals surface area (Å²) in [6.45, 7) is 1.54. The minimum Gasteiger partial charge on any atom is -0.481 e. The molecule has 0 saturated carbocycles. The summed E-state index contributed by atoms with van der Waals surface area (Å²) in [5.74, 6) is 0.639. The fourth-order valence-corrected chi connectivity index (χ4v) is 2.88. The van der Waals surface area contributed by atoms with Gasteiger partial charge in [0.15, 0.2) is 0 Å². The Hall–Kier alpha value is -1.98. The molecule has 0 atom stereocenters. The lowest BCUT2D eigenvalue weighted by atomic mass is 10.3. The number of methoxy groups -OCH3 is 1. The Kier molecular flexibility index (Phi) is 3.90. The van der Waals surface area contributed by atoms with Gasteiger partial charge >= 0.3 is 0 Å². The van der Waals surface area contributed by atoms with Crippen LogP contribution in [0.3, 0.4) is 0 Å². The number of hydrogen-bond acceptors (Lipinski definition) is 5. The average molecular weight is 285 g/mol. The van der Waals surface area contributed by atoms with Gasteiger partial charge in [-0.25, -0.2) is 9.97 Å². The van der Waals surface area contributed by atoms with Gasteiger partial charge in [-0.05, 0) is 17.7 Å². The molecule has 3 rings (SSSR count). The van der Waals surface area contributed by atoms with Crippen molar-refractivity contribution in [2.75, 3.05) is 7.11 Å². The van der Waals surface area contributed by atoms with Crippen molar-refractivity contribution in [2.45, 2.75) is 13.1 Å². The van der Waals surface area contributed by atoms with Crippen LogP contribution in [-0.2, 0) is 13.1 Å². The van der Waals surface area contributed by atoms with E-state index in [0.29, 0.717) is 5.88 Å². The van der Waals surface area contributed by atoms with Crippen LogP contribution in [0.5, 0.6) is 5.88 Å². The lowest BCUT2D eigenvalue weighted by Gasteiger charge is -2.03. The summed E-state index contributed by atoms with van der Waals surface area (Å²) in [5, 5.41) is 4.49. The summed E-state index contributed by atoms with van der Waals surface area (Å²) < 4.78 is 6.27. The maximum Gasteiger partial charge on any atom is 0.212 e. The van der Waals surface area contributed by atoms with Crippen molar-refractivity contribution in [2.24, 2.45) is 0 Å². The molecule has 0 aliphatic rings. The third-order valence-corrected chi connectivity index (χ3v) is 3.99. The summed E-state index contributed by atoms with van der Waals surface area (Å²) in [4.78, 5) is 8.77. The molecule has 0 fully saturated rings. The van der Waals surface area contributed by atoms with Crippen LogP contribution < -0.4 is 10.1 Å². The van der Waals surface area contributed by atoms with Crippen molar-refractivity contribution >= 4 is 21.6 Å². The van der Waals surface area contributed by atoms with E-state index in [2.05, 4.69) is 21.4 Å². The largest absolute Gasteiger partial charge is 0.481 e. The molecule has 4 nitrogen and oxygen atoms in total. The molecule has 102 valence electrons. The molecule has 2 heterocycles. The van der Waals surface area contributed by atoms with E-state index >= 15 is 0 Å². The minimum absolute atomic E-state index is 0.639. The van der Waals surface area contributed by atoms with Gasteiger partial charge in [-0.3, -0.25) is 0 Å². The summed E-state index contributed by atoms with van der Waals surface area (Å²) in [6, 6.07) is 12.1. The molecule has 20 heavy (non-hydrogen) atoms. The first-order valence-electron chi connectivity index (χ1n) is 6.39. The third-order valence-electron chi connectivity index (χ3n) is 2.95. The molecule has 1 N–H and O–H groups in total. The molecule has 0 amide bonds. The highest BCUT2D eigenvalue weighted by Crippen LogP contribution is 2.21. The number of rotatable bonds is 5. The molecule has 0 spiro atoms. The van der Waals surface area contributed by atoms with Crippen molar-refractivity contribution in [1.29, 1.82) is 0 Å². The molecule has 0 aliphatic carbocycles. The number of fused-ring (bicyclic) bond motifs is 1. The number of hydrogen-bond donors (Lipinski definition) is 1. The highest BCUT2D eigenvalue weighted by atomic mass is 32.1. The van der Waals surface area contributed by atoms with Crippen LogP contribution in [0.4, 0.5) is 0 Å². The zero-order valence-corrected chi connectivity index (χ0v) is 12.0. The normalized spacial score (nSPS) is 10.8. The fourth-order valence-electron chi connectivity index (χ4n) is 1.95. The second-order valence-corrected chi connectivity index (χ2v) is 5.50. The van der Waals surface area contributed by atoms with Gasteiger partial charge in [0.1, 0.15) is 5.01 Å². The second kappa shape index (κ2) is 5.98. The van der Waals surface area contributed by atoms with Gasteiger partial charge in [0, 0.05) is 25.4 Å². The van der Waals surface area contributed by atoms with Gasteiger partial charge in [-0.2, -0.15) is 0 Å². The van der Waals surface area contributed by atoms with Crippen molar-refractivity contribution in [3.63, 3.8) is 0 Å². The average Bonchev–Trinajstić information content (AvgIpc) is 2.90. The van der Waals surface area contributed by atoms with Gasteiger partial charge < -0.3 is 10.1 Å². The van der Waals surface area contributed by atoms with E-state index in [4.69, 9.17) is 4.74 Å². The Morgan fingerprint density at radius 3 is 2.80 bits per heavy atom. The minimum atomic E-state index is 0.639. The molecular weight excluding hydrogens is 270 g/mol. The first-order chi connectivity index (χ1) is 9.85. The van der Waals surface area contributed by atoms with Crippen molar-refractivity contribution in [3.8, 4) is 5.88 Å². The lowest BCUT2D eigenvalue weighted by molar-refractivity contribution is 0.397. The summed E-state index contributed by atoms with van der Waals surface area (Å²) >= 11 is 1.73. The number of benzene rings is 1. The predicted octanol–water partition coefficient (Wildman–Crippen LogP) is 2.99. The zero-order valence-electron chi connectivity index (χ0n) is 11.2. The van der Waals surface area contributed by atoms with Gasteiger partial charge in [0.25, 0.3) is 0 Å². The SMILES string of the molecule is COc1ccc(CNCc2nc3ccccc3s2)cn1. The number of nitrogens with zero attached hydrogens (tertiary/aromatic N) is 2. The molecule has 0 unspecified atom stereocenters. The molecular formula is C15H15N3OS. The van der Waals surface area contributed by atoms with Gasteiger partial charge in [0.2, 0.25) is 5.88 Å². The maximum atomic E-state index is 5.04. The molecule has 1 aromatic carbocycles. The Labute approximate surface area is 121 Å². The number of pyridine rings is 1. The molecule has 0 saturated heterocycles. The molecule has 2 aromatic heterocycles. The third kappa shape index (κ3) is 2.95. The van der Waals surface area contributed by atoms with E-state index in [1.807, 2.05) is 36.5 Å². The topological polar surface area (TPSA) is 47.0 Å². The van der Waals surface area contributed by atoms with Crippen molar-refractivity contribution < 1.29 is 4.74 Å². The standard InChI is InChI=1S/C15H15N3OS/c1-19-14-7-6-11(9-17-14)8-16-10-15-18-12-4-2-3-5-13(12)20-15/h2-7,9,16H,8,10H2,1H3. The molecule has 0 aliphatic heterocycles. The summed E-state index contributed by atoms with van der Waals surface area (Å²) in [7, 11) is 1.62. The van der Waals surface area contributed by atoms with Crippen LogP contribution >= 0.6 is 11.3 Å². The van der Waals surface area contributed by atoms with Crippen LogP contribution in [0.25, 0.3) is 10.2 Å². The van der Waals surface area contributed by atoms with Crippen molar-refractivity contribution in [3.05, 3.63) is 53.2 Å². The Bertz CT molecular complexity index is 661. The van der Waals surface area contributed by atoms with E-state index in [0.717, 1.165) is 29.2 Å². The Morgan fingerprint density at radius 1 is 1.15 bits per heavy atom. The Balaban J connectivity index is 1.58. The quantitative estimate of drug-likeness (QED) is 0.783. The van der Waals surface area contributed by atoms with Crippen molar-refractivity contribution in [1.82, 2.24) is 15.3 Å². The number of thiazole rings is 1. The van der Waals surface area contributed by atoms with E-state index in [1.165, 1.54) is 4.70 Å². The van der Waals surface area contributed by atoms with Gasteiger partial charge in [0.05, 0.1) is 17.3 Å². The van der Waals surface area contributed by atoms with E-state index in [9.17, 15) is 0 Å². The molecule has 3 aromatic rings. The van der Waals surface area contributed by atoms with E-state index in [1.54, 1.807) is 18.4 Å². The first-order valence-corrected chi connectivity index (χ1v) is 7.21. The van der Waals surface area contributed by atoms with Crippen LogP contribution in [0.2, 0.25) is 0 Å². The molecule has 0 radical (unpaired) electrons. The highest BCUT2D eigenvalue weighted by molar-refractivity contribution is 7.18.